The summed E-state index contributed by atoms with van der Waals surface area (Å²) in [5, 5.41) is 10.0. The predicted octanol–water partition coefficient (Wildman–Crippen LogP) is 3.00. The van der Waals surface area contributed by atoms with E-state index in [0.29, 0.717) is 18.2 Å². The van der Waals surface area contributed by atoms with Crippen LogP contribution >= 0.6 is 7.14 Å². The fraction of sp³-hybridized carbons (Fsp3) is 0.571. The molecule has 94 valence electrons. The highest BCUT2D eigenvalue weighted by molar-refractivity contribution is 7.72. The highest BCUT2D eigenvalue weighted by Crippen LogP contribution is 2.55. The van der Waals surface area contributed by atoms with E-state index in [0.717, 1.165) is 18.1 Å². The van der Waals surface area contributed by atoms with Gasteiger partial charge in [-0.2, -0.15) is 0 Å². The fourth-order valence-electron chi connectivity index (χ4n) is 2.83. The van der Waals surface area contributed by atoms with E-state index in [4.69, 9.17) is 5.11 Å². The van der Waals surface area contributed by atoms with E-state index < -0.39 is 7.14 Å². The zero-order valence-corrected chi connectivity index (χ0v) is 11.1. The Morgan fingerprint density at radius 1 is 1.18 bits per heavy atom. The molecule has 0 saturated heterocycles. The molecule has 0 aromatic heterocycles. The second-order valence-corrected chi connectivity index (χ2v) is 8.16. The normalized spacial score (nSPS) is 20.3. The molecule has 2 nitrogen and oxygen atoms in total. The van der Waals surface area contributed by atoms with Gasteiger partial charge in [0.05, 0.1) is 0 Å². The Hall–Kier alpha value is -0.590. The molecule has 1 aromatic carbocycles. The first-order valence-corrected chi connectivity index (χ1v) is 8.49. The summed E-state index contributed by atoms with van der Waals surface area (Å²) in [7, 11) is -2.30. The van der Waals surface area contributed by atoms with Crippen molar-refractivity contribution >= 4 is 12.4 Å². The van der Waals surface area contributed by atoms with Crippen molar-refractivity contribution < 1.29 is 9.67 Å². The maximum absolute atomic E-state index is 13.3. The van der Waals surface area contributed by atoms with Gasteiger partial charge >= 0.3 is 0 Å². The molecule has 1 aromatic rings. The molecule has 1 N–H and O–H groups in total. The number of rotatable bonds is 5. The van der Waals surface area contributed by atoms with Gasteiger partial charge in [-0.15, -0.1) is 0 Å². The summed E-state index contributed by atoms with van der Waals surface area (Å²) in [6, 6.07) is 9.90. The van der Waals surface area contributed by atoms with Crippen molar-refractivity contribution in [3.05, 3.63) is 30.3 Å². The van der Waals surface area contributed by atoms with E-state index >= 15 is 0 Å². The average Bonchev–Trinajstić information content (AvgIpc) is 2.91. The Morgan fingerprint density at radius 2 is 1.82 bits per heavy atom. The van der Waals surface area contributed by atoms with Gasteiger partial charge in [-0.25, -0.2) is 0 Å². The van der Waals surface area contributed by atoms with Crippen molar-refractivity contribution in [1.82, 2.24) is 0 Å². The third-order valence-electron chi connectivity index (χ3n) is 3.76. The van der Waals surface area contributed by atoms with Crippen LogP contribution < -0.4 is 5.30 Å². The minimum Gasteiger partial charge on any atom is -0.396 e. The summed E-state index contributed by atoms with van der Waals surface area (Å²) >= 11 is 0. The van der Waals surface area contributed by atoms with Gasteiger partial charge in [0.25, 0.3) is 0 Å². The van der Waals surface area contributed by atoms with Crippen molar-refractivity contribution in [3.63, 3.8) is 0 Å². The molecule has 0 radical (unpaired) electrons. The second kappa shape index (κ2) is 5.84. The van der Waals surface area contributed by atoms with Gasteiger partial charge < -0.3 is 9.67 Å². The molecular formula is C14H21O2P. The highest BCUT2D eigenvalue weighted by Gasteiger charge is 2.35. The lowest BCUT2D eigenvalue weighted by Gasteiger charge is -2.24. The lowest BCUT2D eigenvalue weighted by Crippen LogP contribution is -2.18. The number of hydrogen-bond acceptors (Lipinski definition) is 2. The van der Waals surface area contributed by atoms with Crippen molar-refractivity contribution in [2.75, 3.05) is 12.8 Å². The van der Waals surface area contributed by atoms with Crippen LogP contribution in [0.25, 0.3) is 0 Å². The standard InChI is InChI=1S/C14H21O2P/c15-11-6-12-17(16,14-9-4-5-10-14)13-7-2-1-3-8-13/h1-3,7-8,14-15H,4-6,9-12H2. The predicted molar refractivity (Wildman–Crippen MR) is 72.5 cm³/mol. The zero-order chi connectivity index (χ0) is 12.1. The Kier molecular flexibility index (Phi) is 4.42. The minimum atomic E-state index is -2.30. The maximum Gasteiger partial charge on any atom is 0.118 e. The largest absolute Gasteiger partial charge is 0.396 e. The number of aliphatic hydroxyl groups is 1. The topological polar surface area (TPSA) is 37.3 Å². The number of benzene rings is 1. The lowest BCUT2D eigenvalue weighted by atomic mass is 10.4. The van der Waals surface area contributed by atoms with Crippen LogP contribution in [0.15, 0.2) is 30.3 Å². The van der Waals surface area contributed by atoms with E-state index in [1.54, 1.807) is 0 Å². The summed E-state index contributed by atoms with van der Waals surface area (Å²) < 4.78 is 13.3. The van der Waals surface area contributed by atoms with E-state index in [9.17, 15) is 4.57 Å². The molecule has 1 unspecified atom stereocenters. The van der Waals surface area contributed by atoms with Crippen LogP contribution in [0.1, 0.15) is 32.1 Å². The molecule has 17 heavy (non-hydrogen) atoms. The molecule has 0 bridgehead atoms. The van der Waals surface area contributed by atoms with Crippen LogP contribution in [-0.4, -0.2) is 23.5 Å². The molecule has 1 atom stereocenters. The highest BCUT2D eigenvalue weighted by atomic mass is 31.2. The zero-order valence-electron chi connectivity index (χ0n) is 10.2. The van der Waals surface area contributed by atoms with Crippen LogP contribution in [0.2, 0.25) is 0 Å². The van der Waals surface area contributed by atoms with Crippen molar-refractivity contribution in [1.29, 1.82) is 0 Å². The van der Waals surface area contributed by atoms with Crippen LogP contribution in [0.3, 0.4) is 0 Å². The summed E-state index contributed by atoms with van der Waals surface area (Å²) in [6.45, 7) is 0.142. The summed E-state index contributed by atoms with van der Waals surface area (Å²) in [5.41, 5.74) is 0.358. The van der Waals surface area contributed by atoms with Gasteiger partial charge in [0.2, 0.25) is 0 Å². The van der Waals surface area contributed by atoms with Crippen LogP contribution in [0.4, 0.5) is 0 Å². The first-order chi connectivity index (χ1) is 8.27. The molecule has 0 spiro atoms. The second-order valence-electron chi connectivity index (χ2n) is 4.87. The van der Waals surface area contributed by atoms with Crippen LogP contribution in [0.5, 0.6) is 0 Å². The maximum atomic E-state index is 13.3. The van der Waals surface area contributed by atoms with Crippen molar-refractivity contribution in [2.45, 2.75) is 37.8 Å². The lowest BCUT2D eigenvalue weighted by molar-refractivity contribution is 0.295. The SMILES string of the molecule is O=P(CCCO)(c1ccccc1)C1CCCC1. The molecule has 3 heteroatoms. The monoisotopic (exact) mass is 252 g/mol. The fourth-order valence-corrected chi connectivity index (χ4v) is 6.36. The summed E-state index contributed by atoms with van der Waals surface area (Å²) in [5.74, 6) is 0. The van der Waals surface area contributed by atoms with Gasteiger partial charge in [0.15, 0.2) is 0 Å². The minimum absolute atomic E-state index is 0.142. The smallest absolute Gasteiger partial charge is 0.118 e. The molecule has 1 saturated carbocycles. The number of hydrogen-bond donors (Lipinski definition) is 1. The summed E-state index contributed by atoms with van der Waals surface area (Å²) in [6.07, 6.45) is 5.93. The van der Waals surface area contributed by atoms with E-state index in [2.05, 4.69) is 0 Å². The van der Waals surface area contributed by atoms with Crippen LogP contribution in [0, 0.1) is 0 Å². The molecule has 0 heterocycles. The van der Waals surface area contributed by atoms with Gasteiger partial charge in [0.1, 0.15) is 7.14 Å². The molecular weight excluding hydrogens is 231 g/mol. The van der Waals surface area contributed by atoms with Crippen LogP contribution in [-0.2, 0) is 4.57 Å². The molecule has 1 aliphatic rings. The van der Waals surface area contributed by atoms with Gasteiger partial charge in [-0.3, -0.25) is 0 Å². The van der Waals surface area contributed by atoms with E-state index in [1.165, 1.54) is 12.8 Å². The van der Waals surface area contributed by atoms with Crippen molar-refractivity contribution in [2.24, 2.45) is 0 Å². The average molecular weight is 252 g/mol. The molecule has 0 aliphatic heterocycles. The number of aliphatic hydroxyl groups excluding tert-OH is 1. The van der Waals surface area contributed by atoms with Gasteiger partial charge in [-0.05, 0) is 19.3 Å². The first kappa shape index (κ1) is 12.9. The third-order valence-corrected chi connectivity index (χ3v) is 7.61. The van der Waals surface area contributed by atoms with Crippen molar-refractivity contribution in [3.8, 4) is 0 Å². The van der Waals surface area contributed by atoms with Gasteiger partial charge in [-0.1, -0.05) is 43.2 Å². The Labute approximate surface area is 103 Å². The Bertz CT molecular complexity index is 382. The quantitative estimate of drug-likeness (QED) is 0.818. The molecule has 2 rings (SSSR count). The van der Waals surface area contributed by atoms with Gasteiger partial charge in [0, 0.05) is 23.7 Å². The van der Waals surface area contributed by atoms with E-state index in [1.807, 2.05) is 30.3 Å². The molecule has 0 amide bonds. The summed E-state index contributed by atoms with van der Waals surface area (Å²) in [4.78, 5) is 0. The van der Waals surface area contributed by atoms with E-state index in [-0.39, 0.29) is 6.61 Å². The Balaban J connectivity index is 2.26. The Morgan fingerprint density at radius 3 is 2.41 bits per heavy atom. The molecule has 1 aliphatic carbocycles. The first-order valence-electron chi connectivity index (χ1n) is 6.52. The third kappa shape index (κ3) is 2.81. The molecule has 1 fully saturated rings.